The normalized spacial score (nSPS) is 14.3. The van der Waals surface area contributed by atoms with E-state index in [0.717, 1.165) is 16.7 Å². The highest BCUT2D eigenvalue weighted by Gasteiger charge is 2.32. The van der Waals surface area contributed by atoms with E-state index in [1.54, 1.807) is 36.4 Å². The molecule has 0 fully saturated rings. The fourth-order valence-electron chi connectivity index (χ4n) is 4.29. The van der Waals surface area contributed by atoms with Crippen LogP contribution < -0.4 is 10.2 Å². The van der Waals surface area contributed by atoms with Gasteiger partial charge in [-0.25, -0.2) is 0 Å². The second-order valence-corrected chi connectivity index (χ2v) is 8.59. The van der Waals surface area contributed by atoms with Crippen LogP contribution in [0, 0.1) is 0 Å². The third kappa shape index (κ3) is 4.18. The Labute approximate surface area is 201 Å². The summed E-state index contributed by atoms with van der Waals surface area (Å²) in [5, 5.41) is 1.05. The van der Waals surface area contributed by atoms with Gasteiger partial charge in [-0.05, 0) is 41.8 Å². The Balaban J connectivity index is 1.52. The average Bonchev–Trinajstić information content (AvgIpc) is 2.88. The summed E-state index contributed by atoms with van der Waals surface area (Å²) in [5.41, 5.74) is 3.23. The molecule has 1 aliphatic rings. The first-order valence-corrected chi connectivity index (χ1v) is 11.2. The van der Waals surface area contributed by atoms with Gasteiger partial charge < -0.3 is 13.9 Å². The molecule has 0 saturated carbocycles. The van der Waals surface area contributed by atoms with Gasteiger partial charge in [0, 0.05) is 11.6 Å². The Hall–Kier alpha value is -3.61. The van der Waals surface area contributed by atoms with E-state index in [0.29, 0.717) is 40.3 Å². The van der Waals surface area contributed by atoms with Gasteiger partial charge in [-0.1, -0.05) is 54.1 Å². The van der Waals surface area contributed by atoms with Gasteiger partial charge >= 0.3 is 5.97 Å². The Bertz CT molecular complexity index is 1400. The zero-order valence-corrected chi connectivity index (χ0v) is 19.2. The van der Waals surface area contributed by atoms with Gasteiger partial charge in [0.15, 0.2) is 0 Å². The molecule has 4 aromatic rings. The second kappa shape index (κ2) is 9.33. The maximum Gasteiger partial charge on any atom is 0.323 e. The number of ether oxygens (including phenoxy) is 2. The third-order valence-electron chi connectivity index (χ3n) is 6.09. The van der Waals surface area contributed by atoms with Crippen LogP contribution in [0.25, 0.3) is 22.1 Å². The lowest BCUT2D eigenvalue weighted by molar-refractivity contribution is -0.149. The van der Waals surface area contributed by atoms with E-state index in [9.17, 15) is 9.59 Å². The van der Waals surface area contributed by atoms with Crippen molar-refractivity contribution in [2.75, 3.05) is 13.8 Å². The molecule has 3 aromatic carbocycles. The lowest BCUT2D eigenvalue weighted by atomic mass is 10.0. The first-order chi connectivity index (χ1) is 16.5. The van der Waals surface area contributed by atoms with Crippen LogP contribution in [0.5, 0.6) is 5.75 Å². The summed E-state index contributed by atoms with van der Waals surface area (Å²) in [6.45, 7) is 0.598. The molecular formula is C27H22ClNO5. The summed E-state index contributed by atoms with van der Waals surface area (Å²) >= 11 is 5.98. The van der Waals surface area contributed by atoms with Crippen LogP contribution in [0.4, 0.5) is 0 Å². The van der Waals surface area contributed by atoms with Crippen molar-refractivity contribution in [1.82, 2.24) is 4.90 Å². The van der Waals surface area contributed by atoms with E-state index in [1.165, 1.54) is 13.4 Å². The van der Waals surface area contributed by atoms with Crippen LogP contribution in [0.15, 0.2) is 82.2 Å². The Morgan fingerprint density at radius 3 is 2.59 bits per heavy atom. The van der Waals surface area contributed by atoms with E-state index < -0.39 is 6.04 Å². The molecule has 5 rings (SSSR count). The quantitative estimate of drug-likeness (QED) is 0.376. The van der Waals surface area contributed by atoms with Crippen LogP contribution >= 0.6 is 11.6 Å². The summed E-state index contributed by atoms with van der Waals surface area (Å²) in [5.74, 6) is 0.289. The smallest absolute Gasteiger partial charge is 0.323 e. The standard InChI is InChI=1S/C27H22ClNO5/c1-32-27(31)23(13-17-5-3-2-4-6-17)29-14-21-24(34-16-29)12-11-20-25(30)22(15-33-26(20)21)18-7-9-19(28)10-8-18/h2-12,15,23H,13-14,16H2,1H3/t23-/m1/s1. The number of hydrogen-bond donors (Lipinski definition) is 0. The minimum absolute atomic E-state index is 0.141. The van der Waals surface area contributed by atoms with Crippen molar-refractivity contribution in [3.8, 4) is 16.9 Å². The van der Waals surface area contributed by atoms with Crippen LogP contribution in [-0.4, -0.2) is 30.8 Å². The summed E-state index contributed by atoms with van der Waals surface area (Å²) in [4.78, 5) is 27.9. The zero-order chi connectivity index (χ0) is 23.7. The van der Waals surface area contributed by atoms with Gasteiger partial charge in [-0.15, -0.1) is 0 Å². The van der Waals surface area contributed by atoms with Crippen LogP contribution in [0.2, 0.25) is 5.02 Å². The van der Waals surface area contributed by atoms with E-state index in [2.05, 4.69) is 0 Å². The monoisotopic (exact) mass is 475 g/mol. The Morgan fingerprint density at radius 1 is 1.09 bits per heavy atom. The molecule has 1 aromatic heterocycles. The van der Waals surface area contributed by atoms with Crippen molar-refractivity contribution in [2.45, 2.75) is 19.0 Å². The number of halogens is 1. The lowest BCUT2D eigenvalue weighted by Crippen LogP contribution is -2.46. The molecule has 0 unspecified atom stereocenters. The minimum Gasteiger partial charge on any atom is -0.478 e. The largest absolute Gasteiger partial charge is 0.478 e. The van der Waals surface area contributed by atoms with Gasteiger partial charge in [0.25, 0.3) is 0 Å². The van der Waals surface area contributed by atoms with Gasteiger partial charge in [0.05, 0.1) is 23.6 Å². The SMILES string of the molecule is COC(=O)[C@@H](Cc1ccccc1)N1COc2ccc3c(=O)c(-c4ccc(Cl)cc4)coc3c2C1. The number of rotatable bonds is 5. The maximum atomic E-state index is 13.3. The van der Waals surface area contributed by atoms with Crippen LogP contribution in [0.1, 0.15) is 11.1 Å². The van der Waals surface area contributed by atoms with E-state index in [4.69, 9.17) is 25.5 Å². The molecule has 34 heavy (non-hydrogen) atoms. The van der Waals surface area contributed by atoms with E-state index in [-0.39, 0.29) is 18.1 Å². The van der Waals surface area contributed by atoms with Gasteiger partial charge in [0.2, 0.25) is 5.43 Å². The van der Waals surface area contributed by atoms with Gasteiger partial charge in [-0.3, -0.25) is 14.5 Å². The molecule has 2 heterocycles. The predicted molar refractivity (Wildman–Crippen MR) is 130 cm³/mol. The third-order valence-corrected chi connectivity index (χ3v) is 6.34. The highest BCUT2D eigenvalue weighted by Crippen LogP contribution is 2.33. The Morgan fingerprint density at radius 2 is 1.85 bits per heavy atom. The predicted octanol–water partition coefficient (Wildman–Crippen LogP) is 5.05. The minimum atomic E-state index is -0.545. The number of nitrogens with zero attached hydrogens (tertiary/aromatic N) is 1. The molecule has 0 spiro atoms. The molecule has 0 bridgehead atoms. The molecule has 6 nitrogen and oxygen atoms in total. The lowest BCUT2D eigenvalue weighted by Gasteiger charge is -2.34. The van der Waals surface area contributed by atoms with Crippen molar-refractivity contribution in [2.24, 2.45) is 0 Å². The van der Waals surface area contributed by atoms with E-state index >= 15 is 0 Å². The fraction of sp³-hybridized carbons (Fsp3) is 0.185. The first-order valence-electron chi connectivity index (χ1n) is 10.9. The molecule has 0 saturated heterocycles. The van der Waals surface area contributed by atoms with Crippen LogP contribution in [0.3, 0.4) is 0 Å². The van der Waals surface area contributed by atoms with Crippen molar-refractivity contribution in [3.05, 3.63) is 99.4 Å². The van der Waals surface area contributed by atoms with Crippen molar-refractivity contribution in [3.63, 3.8) is 0 Å². The number of hydrogen-bond acceptors (Lipinski definition) is 6. The van der Waals surface area contributed by atoms with Crippen LogP contribution in [-0.2, 0) is 22.5 Å². The molecule has 0 N–H and O–H groups in total. The summed E-state index contributed by atoms with van der Waals surface area (Å²) in [7, 11) is 1.38. The highest BCUT2D eigenvalue weighted by atomic mass is 35.5. The Kier molecular flexibility index (Phi) is 6.09. The molecule has 7 heteroatoms. The molecule has 1 atom stereocenters. The molecular weight excluding hydrogens is 454 g/mol. The average molecular weight is 476 g/mol. The van der Waals surface area contributed by atoms with Gasteiger partial charge in [0.1, 0.15) is 30.4 Å². The number of carbonyl (C=O) groups is 1. The van der Waals surface area contributed by atoms with Crippen molar-refractivity contribution in [1.29, 1.82) is 0 Å². The first kappa shape index (κ1) is 22.2. The number of esters is 1. The second-order valence-electron chi connectivity index (χ2n) is 8.15. The molecule has 0 amide bonds. The number of benzene rings is 3. The van der Waals surface area contributed by atoms with Crippen molar-refractivity contribution >= 4 is 28.5 Å². The maximum absolute atomic E-state index is 13.3. The van der Waals surface area contributed by atoms with Gasteiger partial charge in [-0.2, -0.15) is 0 Å². The summed E-state index contributed by atoms with van der Waals surface area (Å²) in [6.07, 6.45) is 1.94. The summed E-state index contributed by atoms with van der Waals surface area (Å²) in [6, 6.07) is 19.7. The van der Waals surface area contributed by atoms with E-state index in [1.807, 2.05) is 35.2 Å². The number of fused-ring (bicyclic) bond motifs is 3. The highest BCUT2D eigenvalue weighted by molar-refractivity contribution is 6.30. The molecule has 0 aliphatic carbocycles. The molecule has 172 valence electrons. The molecule has 1 aliphatic heterocycles. The fourth-order valence-corrected chi connectivity index (χ4v) is 4.42. The number of carbonyl (C=O) groups excluding carboxylic acids is 1. The van der Waals surface area contributed by atoms with Crippen molar-refractivity contribution < 1.29 is 18.7 Å². The molecule has 0 radical (unpaired) electrons. The zero-order valence-electron chi connectivity index (χ0n) is 18.5. The topological polar surface area (TPSA) is 69.0 Å². The number of methoxy groups -OCH3 is 1. The summed E-state index contributed by atoms with van der Waals surface area (Å²) < 4.78 is 17.0.